The van der Waals surface area contributed by atoms with Crippen LogP contribution in [0.15, 0.2) is 11.4 Å². The maximum Gasteiger partial charge on any atom is 0.131 e. The summed E-state index contributed by atoms with van der Waals surface area (Å²) in [6.45, 7) is 2.67. The molecule has 0 spiro atoms. The predicted octanol–water partition coefficient (Wildman–Crippen LogP) is 2.13. The summed E-state index contributed by atoms with van der Waals surface area (Å²) in [5, 5.41) is 0.826. The van der Waals surface area contributed by atoms with E-state index in [0.717, 1.165) is 37.9 Å². The number of hydrogen-bond acceptors (Lipinski definition) is 3. The SMILES string of the molecule is ClC1=CN(C2CCOCC2)CN1I. The Bertz CT molecular complexity index is 218. The highest BCUT2D eigenvalue weighted by Gasteiger charge is 2.25. The van der Waals surface area contributed by atoms with Crippen molar-refractivity contribution in [3.8, 4) is 0 Å². The molecule has 2 aliphatic rings. The van der Waals surface area contributed by atoms with Gasteiger partial charge in [-0.1, -0.05) is 11.6 Å². The van der Waals surface area contributed by atoms with Gasteiger partial charge in [-0.25, -0.2) is 0 Å². The average molecular weight is 315 g/mol. The van der Waals surface area contributed by atoms with Crippen molar-refractivity contribution in [3.05, 3.63) is 11.4 Å². The topological polar surface area (TPSA) is 15.7 Å². The minimum absolute atomic E-state index is 0.613. The molecular formula is C8H12ClIN2O. The molecule has 0 aromatic rings. The summed E-state index contributed by atoms with van der Waals surface area (Å²) in [5.74, 6) is 0. The highest BCUT2D eigenvalue weighted by molar-refractivity contribution is 14.1. The van der Waals surface area contributed by atoms with E-state index in [1.54, 1.807) is 0 Å². The zero-order chi connectivity index (χ0) is 9.26. The van der Waals surface area contributed by atoms with Gasteiger partial charge in [0.25, 0.3) is 0 Å². The molecule has 2 aliphatic heterocycles. The number of ether oxygens (including phenoxy) is 1. The van der Waals surface area contributed by atoms with Crippen LogP contribution in [0.2, 0.25) is 0 Å². The van der Waals surface area contributed by atoms with E-state index in [1.807, 2.05) is 9.31 Å². The molecule has 13 heavy (non-hydrogen) atoms. The van der Waals surface area contributed by atoms with Gasteiger partial charge in [-0.3, -0.25) is 3.11 Å². The molecule has 0 aromatic heterocycles. The van der Waals surface area contributed by atoms with Crippen LogP contribution in [-0.2, 0) is 4.74 Å². The zero-order valence-electron chi connectivity index (χ0n) is 7.25. The van der Waals surface area contributed by atoms with Gasteiger partial charge in [-0.15, -0.1) is 0 Å². The molecule has 1 fully saturated rings. The van der Waals surface area contributed by atoms with Gasteiger partial charge in [-0.05, 0) is 12.8 Å². The molecule has 74 valence electrons. The number of rotatable bonds is 1. The second-order valence-electron chi connectivity index (χ2n) is 3.31. The van der Waals surface area contributed by atoms with Crippen molar-refractivity contribution >= 4 is 34.5 Å². The van der Waals surface area contributed by atoms with Crippen LogP contribution in [0.4, 0.5) is 0 Å². The quantitative estimate of drug-likeness (QED) is 0.419. The van der Waals surface area contributed by atoms with Crippen LogP contribution >= 0.6 is 34.5 Å². The Morgan fingerprint density at radius 2 is 2.15 bits per heavy atom. The van der Waals surface area contributed by atoms with E-state index in [1.165, 1.54) is 0 Å². The molecule has 0 unspecified atom stereocenters. The fraction of sp³-hybridized carbons (Fsp3) is 0.750. The molecule has 0 saturated carbocycles. The fourth-order valence-corrected chi connectivity index (χ4v) is 2.34. The van der Waals surface area contributed by atoms with E-state index in [4.69, 9.17) is 16.3 Å². The maximum atomic E-state index is 5.98. The third-order valence-corrected chi connectivity index (χ3v) is 3.86. The third-order valence-electron chi connectivity index (χ3n) is 2.45. The number of hydrogen-bond donors (Lipinski definition) is 0. The van der Waals surface area contributed by atoms with Crippen molar-refractivity contribution in [1.29, 1.82) is 0 Å². The summed E-state index contributed by atoms with van der Waals surface area (Å²) in [7, 11) is 0. The fourth-order valence-electron chi connectivity index (χ4n) is 1.69. The van der Waals surface area contributed by atoms with Gasteiger partial charge in [0.05, 0.1) is 22.9 Å². The summed E-state index contributed by atoms with van der Waals surface area (Å²) >= 11 is 8.21. The Kier molecular flexibility index (Phi) is 3.21. The van der Waals surface area contributed by atoms with Crippen molar-refractivity contribution in [2.75, 3.05) is 19.9 Å². The molecular weight excluding hydrogens is 302 g/mol. The van der Waals surface area contributed by atoms with Gasteiger partial charge in [-0.2, -0.15) is 0 Å². The number of nitrogens with zero attached hydrogens (tertiary/aromatic N) is 2. The molecule has 0 aromatic carbocycles. The Morgan fingerprint density at radius 3 is 2.69 bits per heavy atom. The summed E-state index contributed by atoms with van der Waals surface area (Å²) in [4.78, 5) is 2.30. The van der Waals surface area contributed by atoms with Crippen LogP contribution in [0, 0.1) is 0 Å². The van der Waals surface area contributed by atoms with E-state index >= 15 is 0 Å². The maximum absolute atomic E-state index is 5.98. The molecule has 0 amide bonds. The minimum atomic E-state index is 0.613. The second kappa shape index (κ2) is 4.23. The van der Waals surface area contributed by atoms with Gasteiger partial charge in [0.1, 0.15) is 11.8 Å². The van der Waals surface area contributed by atoms with Crippen LogP contribution in [0.5, 0.6) is 0 Å². The van der Waals surface area contributed by atoms with Gasteiger partial charge in [0, 0.05) is 25.5 Å². The van der Waals surface area contributed by atoms with E-state index in [9.17, 15) is 0 Å². The van der Waals surface area contributed by atoms with E-state index < -0.39 is 0 Å². The monoisotopic (exact) mass is 314 g/mol. The Hall–Kier alpha value is 0.320. The first-order valence-corrected chi connectivity index (χ1v) is 5.76. The lowest BCUT2D eigenvalue weighted by atomic mass is 10.1. The molecule has 0 radical (unpaired) electrons. The van der Waals surface area contributed by atoms with E-state index in [2.05, 4.69) is 27.8 Å². The summed E-state index contributed by atoms with van der Waals surface area (Å²) in [5.41, 5.74) is 0. The van der Waals surface area contributed by atoms with Crippen molar-refractivity contribution < 1.29 is 4.74 Å². The lowest BCUT2D eigenvalue weighted by Gasteiger charge is -2.30. The lowest BCUT2D eigenvalue weighted by Crippen LogP contribution is -2.36. The van der Waals surface area contributed by atoms with Crippen molar-refractivity contribution in [3.63, 3.8) is 0 Å². The second-order valence-corrected chi connectivity index (χ2v) is 4.87. The molecule has 0 aliphatic carbocycles. The molecule has 2 rings (SSSR count). The highest BCUT2D eigenvalue weighted by Crippen LogP contribution is 2.27. The summed E-state index contributed by atoms with van der Waals surface area (Å²) in [6.07, 6.45) is 4.26. The standard InChI is InChI=1S/C8H12ClIN2O/c9-8-5-11(6-12(8)10)7-1-3-13-4-2-7/h5,7H,1-4,6H2. The van der Waals surface area contributed by atoms with Crippen LogP contribution in [0.3, 0.4) is 0 Å². The molecule has 5 heteroatoms. The average Bonchev–Trinajstić information content (AvgIpc) is 2.49. The van der Waals surface area contributed by atoms with Crippen LogP contribution < -0.4 is 0 Å². The Labute approximate surface area is 97.1 Å². The smallest absolute Gasteiger partial charge is 0.131 e. The largest absolute Gasteiger partial charge is 0.381 e. The van der Waals surface area contributed by atoms with Crippen LogP contribution in [-0.4, -0.2) is 33.9 Å². The predicted molar refractivity (Wildman–Crippen MR) is 60.3 cm³/mol. The first kappa shape index (κ1) is 9.86. The van der Waals surface area contributed by atoms with E-state index in [0.29, 0.717) is 6.04 Å². The molecule has 0 N–H and O–H groups in total. The summed E-state index contributed by atoms with van der Waals surface area (Å²) < 4.78 is 7.34. The number of halogens is 2. The first-order chi connectivity index (χ1) is 6.27. The van der Waals surface area contributed by atoms with E-state index in [-0.39, 0.29) is 0 Å². The zero-order valence-corrected chi connectivity index (χ0v) is 10.2. The van der Waals surface area contributed by atoms with Gasteiger partial charge >= 0.3 is 0 Å². The molecule has 3 nitrogen and oxygen atoms in total. The van der Waals surface area contributed by atoms with Gasteiger partial charge in [0.2, 0.25) is 0 Å². The molecule has 1 saturated heterocycles. The Morgan fingerprint density at radius 1 is 1.46 bits per heavy atom. The normalized spacial score (nSPS) is 25.2. The molecule has 0 bridgehead atoms. The lowest BCUT2D eigenvalue weighted by molar-refractivity contribution is 0.0488. The molecule has 2 heterocycles. The minimum Gasteiger partial charge on any atom is -0.381 e. The van der Waals surface area contributed by atoms with Crippen LogP contribution in [0.25, 0.3) is 0 Å². The van der Waals surface area contributed by atoms with Crippen molar-refractivity contribution in [2.24, 2.45) is 0 Å². The van der Waals surface area contributed by atoms with Gasteiger partial charge in [0.15, 0.2) is 0 Å². The van der Waals surface area contributed by atoms with Gasteiger partial charge < -0.3 is 9.64 Å². The Balaban J connectivity index is 1.94. The van der Waals surface area contributed by atoms with Crippen molar-refractivity contribution in [1.82, 2.24) is 8.01 Å². The third kappa shape index (κ3) is 2.22. The van der Waals surface area contributed by atoms with Crippen LogP contribution in [0.1, 0.15) is 12.8 Å². The first-order valence-electron chi connectivity index (χ1n) is 4.41. The van der Waals surface area contributed by atoms with Crippen molar-refractivity contribution in [2.45, 2.75) is 18.9 Å². The highest BCUT2D eigenvalue weighted by atomic mass is 127. The summed E-state index contributed by atoms with van der Waals surface area (Å²) in [6, 6.07) is 0.613. The molecule has 0 atom stereocenters.